The smallest absolute Gasteiger partial charge is 0.275 e. The molecule has 1 aromatic carbocycles. The molecule has 0 atom stereocenters. The first kappa shape index (κ1) is 14.9. The van der Waals surface area contributed by atoms with Crippen molar-refractivity contribution in [3.8, 4) is 0 Å². The summed E-state index contributed by atoms with van der Waals surface area (Å²) < 4.78 is 1.72. The molecule has 7 nitrogen and oxygen atoms in total. The van der Waals surface area contributed by atoms with Gasteiger partial charge in [-0.25, -0.2) is 4.98 Å². The highest BCUT2D eigenvalue weighted by atomic mass is 15.6. The van der Waals surface area contributed by atoms with Crippen LogP contribution in [0.15, 0.2) is 24.3 Å². The van der Waals surface area contributed by atoms with Crippen LogP contribution in [-0.4, -0.2) is 51.2 Å². The molecule has 1 fully saturated rings. The molecule has 7 heteroatoms. The molecule has 4 rings (SSSR count). The average Bonchev–Trinajstić information content (AvgIpc) is 3.05. The third-order valence-corrected chi connectivity index (χ3v) is 4.59. The first-order valence-electron chi connectivity index (χ1n) is 8.25. The van der Waals surface area contributed by atoms with Crippen molar-refractivity contribution in [1.82, 2.24) is 25.0 Å². The van der Waals surface area contributed by atoms with Crippen LogP contribution in [0, 0.1) is 20.8 Å². The first-order chi connectivity index (χ1) is 11.6. The van der Waals surface area contributed by atoms with Crippen LogP contribution in [0.2, 0.25) is 0 Å². The van der Waals surface area contributed by atoms with Crippen LogP contribution in [0.3, 0.4) is 0 Å². The van der Waals surface area contributed by atoms with E-state index in [-0.39, 0.29) is 0 Å². The fourth-order valence-electron chi connectivity index (χ4n) is 3.30. The summed E-state index contributed by atoms with van der Waals surface area (Å²) in [6.45, 7) is 10.1. The second kappa shape index (κ2) is 5.74. The lowest BCUT2D eigenvalue weighted by molar-refractivity contribution is 0.634. The van der Waals surface area contributed by atoms with E-state index in [9.17, 15) is 0 Å². The highest BCUT2D eigenvalue weighted by molar-refractivity contribution is 5.57. The molecule has 0 radical (unpaired) electrons. The predicted molar refractivity (Wildman–Crippen MR) is 93.7 cm³/mol. The van der Waals surface area contributed by atoms with Gasteiger partial charge in [-0.2, -0.15) is 4.52 Å². The first-order valence-corrected chi connectivity index (χ1v) is 8.25. The summed E-state index contributed by atoms with van der Waals surface area (Å²) in [5.74, 6) is 1.57. The van der Waals surface area contributed by atoms with Gasteiger partial charge in [0.1, 0.15) is 5.82 Å². The molecule has 0 N–H and O–H groups in total. The Morgan fingerprint density at radius 2 is 1.67 bits per heavy atom. The maximum atomic E-state index is 4.36. The van der Waals surface area contributed by atoms with Gasteiger partial charge in [-0.15, -0.1) is 0 Å². The second-order valence-electron chi connectivity index (χ2n) is 6.41. The maximum absolute atomic E-state index is 4.36. The number of tetrazole rings is 1. The van der Waals surface area contributed by atoms with Gasteiger partial charge in [0.25, 0.3) is 5.78 Å². The molecule has 1 aliphatic rings. The minimum atomic E-state index is 0.557. The summed E-state index contributed by atoms with van der Waals surface area (Å²) in [4.78, 5) is 9.16. The van der Waals surface area contributed by atoms with Gasteiger partial charge in [-0.3, -0.25) is 0 Å². The van der Waals surface area contributed by atoms with E-state index in [2.05, 4.69) is 68.4 Å². The molecule has 3 aromatic rings. The van der Waals surface area contributed by atoms with E-state index < -0.39 is 0 Å². The Bertz CT molecular complexity index is 878. The molecule has 1 aliphatic heterocycles. The second-order valence-corrected chi connectivity index (χ2v) is 6.41. The lowest BCUT2D eigenvalue weighted by Gasteiger charge is -2.37. The third-order valence-electron chi connectivity index (χ3n) is 4.59. The number of aryl methyl sites for hydroxylation is 3. The summed E-state index contributed by atoms with van der Waals surface area (Å²) in [5.41, 5.74) is 4.91. The van der Waals surface area contributed by atoms with Crippen molar-refractivity contribution in [2.75, 3.05) is 36.0 Å². The SMILES string of the molecule is Cc1ccc(C)c(N2CCN(c3cc(C)nc4nnnn34)CC2)c1. The molecule has 0 saturated carbocycles. The summed E-state index contributed by atoms with van der Waals surface area (Å²) in [6.07, 6.45) is 0. The standard InChI is InChI=1S/C17H21N7/c1-12-4-5-13(2)15(10-12)22-6-8-23(9-7-22)16-11-14(3)18-17-19-20-21-24(16)17/h4-5,10-11H,6-9H2,1-3H3. The van der Waals surface area contributed by atoms with Gasteiger partial charge < -0.3 is 9.80 Å². The fraction of sp³-hybridized carbons (Fsp3) is 0.412. The van der Waals surface area contributed by atoms with Crippen LogP contribution in [0.25, 0.3) is 5.78 Å². The molecule has 0 aliphatic carbocycles. The van der Waals surface area contributed by atoms with E-state index in [0.29, 0.717) is 5.78 Å². The van der Waals surface area contributed by atoms with Crippen molar-refractivity contribution in [3.05, 3.63) is 41.1 Å². The summed E-state index contributed by atoms with van der Waals surface area (Å²) >= 11 is 0. The normalized spacial score (nSPS) is 15.3. The Kier molecular flexibility index (Phi) is 3.55. The van der Waals surface area contributed by atoms with E-state index in [1.54, 1.807) is 4.52 Å². The highest BCUT2D eigenvalue weighted by Crippen LogP contribution is 2.24. The number of nitrogens with zero attached hydrogens (tertiary/aromatic N) is 7. The van der Waals surface area contributed by atoms with Crippen molar-refractivity contribution in [1.29, 1.82) is 0 Å². The number of fused-ring (bicyclic) bond motifs is 1. The molecule has 0 bridgehead atoms. The van der Waals surface area contributed by atoms with Crippen molar-refractivity contribution in [2.45, 2.75) is 20.8 Å². The Morgan fingerprint density at radius 3 is 2.46 bits per heavy atom. The number of benzene rings is 1. The Hall–Kier alpha value is -2.70. The van der Waals surface area contributed by atoms with E-state index in [1.807, 2.05) is 6.92 Å². The zero-order valence-corrected chi connectivity index (χ0v) is 14.3. The molecular formula is C17H21N7. The molecule has 0 unspecified atom stereocenters. The van der Waals surface area contributed by atoms with Crippen LogP contribution < -0.4 is 9.80 Å². The van der Waals surface area contributed by atoms with Gasteiger partial charge in [-0.1, -0.05) is 17.2 Å². The van der Waals surface area contributed by atoms with Gasteiger partial charge in [0, 0.05) is 43.6 Å². The van der Waals surface area contributed by atoms with Crippen molar-refractivity contribution in [2.24, 2.45) is 0 Å². The maximum Gasteiger partial charge on any atom is 0.275 e. The van der Waals surface area contributed by atoms with Gasteiger partial charge in [0.05, 0.1) is 0 Å². The molecule has 124 valence electrons. The average molecular weight is 323 g/mol. The zero-order valence-electron chi connectivity index (χ0n) is 14.3. The summed E-state index contributed by atoms with van der Waals surface area (Å²) in [6, 6.07) is 8.70. The summed E-state index contributed by atoms with van der Waals surface area (Å²) in [7, 11) is 0. The van der Waals surface area contributed by atoms with Gasteiger partial charge in [0.15, 0.2) is 0 Å². The molecule has 3 heterocycles. The van der Waals surface area contributed by atoms with Crippen LogP contribution in [0.1, 0.15) is 16.8 Å². The van der Waals surface area contributed by atoms with E-state index in [1.165, 1.54) is 16.8 Å². The number of hydrogen-bond donors (Lipinski definition) is 0. The lowest BCUT2D eigenvalue weighted by Crippen LogP contribution is -2.47. The number of hydrogen-bond acceptors (Lipinski definition) is 6. The zero-order chi connectivity index (χ0) is 16.7. The summed E-state index contributed by atoms with van der Waals surface area (Å²) in [5, 5.41) is 11.8. The molecule has 2 aromatic heterocycles. The Labute approximate surface area is 140 Å². The minimum absolute atomic E-state index is 0.557. The Balaban J connectivity index is 1.57. The predicted octanol–water partition coefficient (Wildman–Crippen LogP) is 1.77. The largest absolute Gasteiger partial charge is 0.368 e. The van der Waals surface area contributed by atoms with Crippen molar-refractivity contribution >= 4 is 17.3 Å². The molecular weight excluding hydrogens is 302 g/mol. The monoisotopic (exact) mass is 323 g/mol. The number of rotatable bonds is 2. The molecule has 1 saturated heterocycles. The topological polar surface area (TPSA) is 62.5 Å². The van der Waals surface area contributed by atoms with Gasteiger partial charge in [0.2, 0.25) is 0 Å². The number of anilines is 2. The molecule has 24 heavy (non-hydrogen) atoms. The minimum Gasteiger partial charge on any atom is -0.368 e. The van der Waals surface area contributed by atoms with Crippen LogP contribution >= 0.6 is 0 Å². The van der Waals surface area contributed by atoms with E-state index >= 15 is 0 Å². The number of aromatic nitrogens is 5. The van der Waals surface area contributed by atoms with Crippen molar-refractivity contribution < 1.29 is 0 Å². The number of piperazine rings is 1. The van der Waals surface area contributed by atoms with E-state index in [0.717, 1.165) is 37.7 Å². The Morgan fingerprint density at radius 1 is 0.917 bits per heavy atom. The van der Waals surface area contributed by atoms with Crippen LogP contribution in [0.4, 0.5) is 11.5 Å². The van der Waals surface area contributed by atoms with Gasteiger partial charge >= 0.3 is 0 Å². The molecule has 0 amide bonds. The van der Waals surface area contributed by atoms with Crippen LogP contribution in [0.5, 0.6) is 0 Å². The van der Waals surface area contributed by atoms with E-state index in [4.69, 9.17) is 0 Å². The highest BCUT2D eigenvalue weighted by Gasteiger charge is 2.21. The fourth-order valence-corrected chi connectivity index (χ4v) is 3.30. The lowest BCUT2D eigenvalue weighted by atomic mass is 10.1. The van der Waals surface area contributed by atoms with Crippen molar-refractivity contribution in [3.63, 3.8) is 0 Å². The quantitative estimate of drug-likeness (QED) is 0.716. The molecule has 0 spiro atoms. The van der Waals surface area contributed by atoms with Gasteiger partial charge in [-0.05, 0) is 48.4 Å². The van der Waals surface area contributed by atoms with Crippen LogP contribution in [-0.2, 0) is 0 Å². The third kappa shape index (κ3) is 2.55.